The number of hydrogen-bond donors (Lipinski definition) is 1. The molecule has 1 unspecified atom stereocenters. The lowest BCUT2D eigenvalue weighted by Crippen LogP contribution is -2.26. The Balaban J connectivity index is 1.49. The molecule has 1 atom stereocenters. The summed E-state index contributed by atoms with van der Waals surface area (Å²) in [7, 11) is 1.56. The van der Waals surface area contributed by atoms with Gasteiger partial charge in [0, 0.05) is 11.3 Å². The first-order valence-corrected chi connectivity index (χ1v) is 11.0. The van der Waals surface area contributed by atoms with Gasteiger partial charge < -0.3 is 23.7 Å². The molecule has 5 rings (SSSR count). The molecule has 1 N–H and O–H groups in total. The lowest BCUT2D eigenvalue weighted by Gasteiger charge is -2.18. The number of hydrogen-bond acceptors (Lipinski definition) is 8. The van der Waals surface area contributed by atoms with Gasteiger partial charge in [0.1, 0.15) is 11.4 Å². The van der Waals surface area contributed by atoms with Gasteiger partial charge in [-0.1, -0.05) is 35.5 Å². The third kappa shape index (κ3) is 4.54. The number of benzene rings is 2. The fourth-order valence-corrected chi connectivity index (χ4v) is 3.76. The van der Waals surface area contributed by atoms with Crippen molar-refractivity contribution in [2.45, 2.75) is 13.0 Å². The summed E-state index contributed by atoms with van der Waals surface area (Å²) in [5.41, 5.74) is 2.19. The van der Waals surface area contributed by atoms with Crippen molar-refractivity contribution in [1.82, 2.24) is 10.1 Å². The molecule has 1 amide bonds. The quantitative estimate of drug-likeness (QED) is 0.309. The number of ether oxygens (including phenoxy) is 2. The van der Waals surface area contributed by atoms with E-state index in [0.29, 0.717) is 39.5 Å². The minimum absolute atomic E-state index is 0.156. The zero-order valence-electron chi connectivity index (χ0n) is 19.4. The average Bonchev–Trinajstić information content (AvgIpc) is 3.58. The molecule has 3 heterocycles. The molecule has 36 heavy (non-hydrogen) atoms. The number of amides is 1. The SMILES string of the molecule is COc1ccc(NC(=O)C(OC(=O)c2cc(-c3ccco3)nc3onc(C)c23)c2ccccc2)cc1. The standard InChI is InChI=1S/C27H21N3O6/c1-16-23-20(15-21(22-9-6-14-34-22)29-26(23)36-30-16)27(32)35-24(17-7-4-3-5-8-17)25(31)28-18-10-12-19(33-2)13-11-18/h3-15,24H,1-2H3,(H,28,31). The van der Waals surface area contributed by atoms with Crippen molar-refractivity contribution in [3.05, 3.63) is 95.9 Å². The van der Waals surface area contributed by atoms with Gasteiger partial charge in [-0.05, 0) is 49.4 Å². The van der Waals surface area contributed by atoms with Crippen LogP contribution in [0.15, 0.2) is 88.0 Å². The molecule has 9 nitrogen and oxygen atoms in total. The Bertz CT molecular complexity index is 1510. The molecule has 180 valence electrons. The second kappa shape index (κ2) is 9.75. The average molecular weight is 483 g/mol. The van der Waals surface area contributed by atoms with Crippen LogP contribution >= 0.6 is 0 Å². The Morgan fingerprint density at radius 1 is 1.00 bits per heavy atom. The molecule has 2 aromatic carbocycles. The first-order valence-electron chi connectivity index (χ1n) is 11.0. The molecule has 3 aromatic heterocycles. The molecule has 0 aliphatic heterocycles. The number of methoxy groups -OCH3 is 1. The summed E-state index contributed by atoms with van der Waals surface area (Å²) < 4.78 is 21.7. The van der Waals surface area contributed by atoms with Gasteiger partial charge in [0.05, 0.1) is 30.0 Å². The highest BCUT2D eigenvalue weighted by molar-refractivity contribution is 6.05. The molecular weight excluding hydrogens is 462 g/mol. The number of aromatic nitrogens is 2. The van der Waals surface area contributed by atoms with Crippen LogP contribution in [0.3, 0.4) is 0 Å². The second-order valence-electron chi connectivity index (χ2n) is 7.89. The number of fused-ring (bicyclic) bond motifs is 1. The van der Waals surface area contributed by atoms with E-state index in [1.807, 2.05) is 6.07 Å². The van der Waals surface area contributed by atoms with Crippen LogP contribution in [0.5, 0.6) is 5.75 Å². The van der Waals surface area contributed by atoms with E-state index in [1.54, 1.807) is 74.7 Å². The third-order valence-electron chi connectivity index (χ3n) is 5.53. The van der Waals surface area contributed by atoms with E-state index in [2.05, 4.69) is 15.5 Å². The van der Waals surface area contributed by atoms with E-state index < -0.39 is 18.0 Å². The number of rotatable bonds is 7. The lowest BCUT2D eigenvalue weighted by atomic mass is 10.1. The first kappa shape index (κ1) is 22.9. The van der Waals surface area contributed by atoms with Gasteiger partial charge in [-0.2, -0.15) is 0 Å². The van der Waals surface area contributed by atoms with Crippen molar-refractivity contribution in [3.63, 3.8) is 0 Å². The number of esters is 1. The topological polar surface area (TPSA) is 117 Å². The summed E-state index contributed by atoms with van der Waals surface area (Å²) in [6.07, 6.45) is 0.274. The molecule has 0 saturated carbocycles. The molecule has 0 bridgehead atoms. The fraction of sp³-hybridized carbons (Fsp3) is 0.111. The molecule has 0 aliphatic carbocycles. The van der Waals surface area contributed by atoms with E-state index in [1.165, 1.54) is 12.3 Å². The number of nitrogens with one attached hydrogen (secondary N) is 1. The van der Waals surface area contributed by atoms with Crippen molar-refractivity contribution in [2.24, 2.45) is 0 Å². The summed E-state index contributed by atoms with van der Waals surface area (Å²) in [5.74, 6) is -0.160. The summed E-state index contributed by atoms with van der Waals surface area (Å²) in [6, 6.07) is 20.6. The number of furan rings is 1. The van der Waals surface area contributed by atoms with Crippen LogP contribution in [0.4, 0.5) is 5.69 Å². The molecular formula is C27H21N3O6. The molecule has 0 spiro atoms. The van der Waals surface area contributed by atoms with Gasteiger partial charge in [0.2, 0.25) is 6.10 Å². The minimum Gasteiger partial charge on any atom is -0.497 e. The third-order valence-corrected chi connectivity index (χ3v) is 5.53. The maximum Gasteiger partial charge on any atom is 0.340 e. The number of pyridine rings is 1. The Morgan fingerprint density at radius 3 is 2.47 bits per heavy atom. The number of aryl methyl sites for hydroxylation is 1. The van der Waals surface area contributed by atoms with E-state index in [-0.39, 0.29) is 11.3 Å². The Morgan fingerprint density at radius 2 is 1.78 bits per heavy atom. The largest absolute Gasteiger partial charge is 0.497 e. The smallest absolute Gasteiger partial charge is 0.340 e. The first-order chi connectivity index (χ1) is 17.5. The van der Waals surface area contributed by atoms with Crippen molar-refractivity contribution < 1.29 is 28.0 Å². The maximum atomic E-state index is 13.5. The highest BCUT2D eigenvalue weighted by Gasteiger charge is 2.29. The number of carbonyl (C=O) groups is 2. The number of carbonyl (C=O) groups excluding carboxylic acids is 2. The molecule has 0 saturated heterocycles. The van der Waals surface area contributed by atoms with Gasteiger partial charge >= 0.3 is 5.97 Å². The Hall–Kier alpha value is -4.92. The molecule has 9 heteroatoms. The normalized spacial score (nSPS) is 11.7. The van der Waals surface area contributed by atoms with Gasteiger partial charge in [-0.25, -0.2) is 9.78 Å². The predicted octanol–water partition coefficient (Wildman–Crippen LogP) is 5.34. The van der Waals surface area contributed by atoms with Crippen molar-refractivity contribution in [2.75, 3.05) is 12.4 Å². The van der Waals surface area contributed by atoms with E-state index >= 15 is 0 Å². The maximum absolute atomic E-state index is 13.5. The summed E-state index contributed by atoms with van der Waals surface area (Å²) in [4.78, 5) is 31.2. The zero-order chi connectivity index (χ0) is 25.1. The van der Waals surface area contributed by atoms with E-state index in [4.69, 9.17) is 18.4 Å². The van der Waals surface area contributed by atoms with Crippen LogP contribution in [0.1, 0.15) is 27.7 Å². The summed E-state index contributed by atoms with van der Waals surface area (Å²) in [5, 5.41) is 7.13. The zero-order valence-corrected chi connectivity index (χ0v) is 19.4. The van der Waals surface area contributed by atoms with Crippen LogP contribution in [0.25, 0.3) is 22.6 Å². The van der Waals surface area contributed by atoms with Gasteiger partial charge in [0.25, 0.3) is 11.6 Å². The van der Waals surface area contributed by atoms with Crippen LogP contribution in [0.2, 0.25) is 0 Å². The van der Waals surface area contributed by atoms with Crippen LogP contribution in [0, 0.1) is 6.92 Å². The van der Waals surface area contributed by atoms with Crippen LogP contribution in [-0.4, -0.2) is 29.1 Å². The van der Waals surface area contributed by atoms with Crippen molar-refractivity contribution in [3.8, 4) is 17.2 Å². The Labute approximate surface area is 205 Å². The minimum atomic E-state index is -1.23. The van der Waals surface area contributed by atoms with Crippen molar-refractivity contribution in [1.29, 1.82) is 0 Å². The molecule has 0 fully saturated rings. The summed E-state index contributed by atoms with van der Waals surface area (Å²) >= 11 is 0. The fourth-order valence-electron chi connectivity index (χ4n) is 3.76. The Kier molecular flexibility index (Phi) is 6.19. The second-order valence-corrected chi connectivity index (χ2v) is 7.89. The van der Waals surface area contributed by atoms with E-state index in [9.17, 15) is 9.59 Å². The molecule has 0 aliphatic rings. The number of nitrogens with zero attached hydrogens (tertiary/aromatic N) is 2. The summed E-state index contributed by atoms with van der Waals surface area (Å²) in [6.45, 7) is 1.70. The van der Waals surface area contributed by atoms with Gasteiger partial charge in [-0.3, -0.25) is 4.79 Å². The highest BCUT2D eigenvalue weighted by Crippen LogP contribution is 2.30. The van der Waals surface area contributed by atoms with Gasteiger partial charge in [0.15, 0.2) is 5.76 Å². The highest BCUT2D eigenvalue weighted by atomic mass is 16.5. The molecule has 0 radical (unpaired) electrons. The number of anilines is 1. The van der Waals surface area contributed by atoms with E-state index in [0.717, 1.165) is 0 Å². The van der Waals surface area contributed by atoms with Gasteiger partial charge in [-0.15, -0.1) is 0 Å². The van der Waals surface area contributed by atoms with Crippen LogP contribution < -0.4 is 10.1 Å². The predicted molar refractivity (Wildman–Crippen MR) is 130 cm³/mol. The van der Waals surface area contributed by atoms with Crippen LogP contribution in [-0.2, 0) is 9.53 Å². The monoisotopic (exact) mass is 483 g/mol. The lowest BCUT2D eigenvalue weighted by molar-refractivity contribution is -0.125. The molecule has 5 aromatic rings. The van der Waals surface area contributed by atoms with Crippen molar-refractivity contribution >= 4 is 28.7 Å².